The zero-order valence-electron chi connectivity index (χ0n) is 13.6. The highest BCUT2D eigenvalue weighted by molar-refractivity contribution is 5.78. The summed E-state index contributed by atoms with van der Waals surface area (Å²) in [5.74, 6) is -1.77. The number of nitrogens with one attached hydrogen (secondary N) is 1. The van der Waals surface area contributed by atoms with Gasteiger partial charge in [0.05, 0.1) is 12.0 Å². The number of piperidine rings is 1. The number of alkyl carbamates (subject to hydrolysis) is 1. The summed E-state index contributed by atoms with van der Waals surface area (Å²) in [5.41, 5.74) is 0.863. The standard InChI is InChI=1S/C17H22N2O5/c1-2-15(20)19-9-13(16(21)22)8-14(10-19)18-17(23)24-11-12-6-4-3-5-7-12/h3-7,13-14H,2,8-11H2,1H3,(H,18,23)(H,21,22). The van der Waals surface area contributed by atoms with Crippen molar-refractivity contribution in [1.82, 2.24) is 10.2 Å². The van der Waals surface area contributed by atoms with Gasteiger partial charge in [-0.2, -0.15) is 0 Å². The van der Waals surface area contributed by atoms with Gasteiger partial charge in [-0.1, -0.05) is 37.3 Å². The van der Waals surface area contributed by atoms with Gasteiger partial charge < -0.3 is 20.1 Å². The molecule has 0 bridgehead atoms. The number of aliphatic carboxylic acids is 1. The number of carboxylic acid groups (broad SMARTS) is 1. The fourth-order valence-corrected chi connectivity index (χ4v) is 2.74. The normalized spacial score (nSPS) is 20.3. The van der Waals surface area contributed by atoms with E-state index in [1.54, 1.807) is 6.92 Å². The highest BCUT2D eigenvalue weighted by atomic mass is 16.5. The molecule has 2 rings (SSSR count). The van der Waals surface area contributed by atoms with Gasteiger partial charge in [0, 0.05) is 19.5 Å². The van der Waals surface area contributed by atoms with Crippen molar-refractivity contribution < 1.29 is 24.2 Å². The fourth-order valence-electron chi connectivity index (χ4n) is 2.74. The van der Waals surface area contributed by atoms with E-state index in [2.05, 4.69) is 5.32 Å². The molecule has 0 saturated carbocycles. The van der Waals surface area contributed by atoms with Crippen LogP contribution in [0.5, 0.6) is 0 Å². The first kappa shape index (κ1) is 17.8. The van der Waals surface area contributed by atoms with Gasteiger partial charge in [-0.15, -0.1) is 0 Å². The van der Waals surface area contributed by atoms with E-state index >= 15 is 0 Å². The van der Waals surface area contributed by atoms with Crippen LogP contribution in [0.3, 0.4) is 0 Å². The third-order valence-corrected chi connectivity index (χ3v) is 3.99. The summed E-state index contributed by atoms with van der Waals surface area (Å²) in [7, 11) is 0. The third kappa shape index (κ3) is 4.97. The first-order valence-electron chi connectivity index (χ1n) is 7.97. The van der Waals surface area contributed by atoms with E-state index in [4.69, 9.17) is 4.74 Å². The smallest absolute Gasteiger partial charge is 0.407 e. The maximum atomic E-state index is 11.9. The van der Waals surface area contributed by atoms with Crippen molar-refractivity contribution in [2.45, 2.75) is 32.4 Å². The second-order valence-corrected chi connectivity index (χ2v) is 5.83. The van der Waals surface area contributed by atoms with Crippen LogP contribution in [0.15, 0.2) is 30.3 Å². The number of carbonyl (C=O) groups is 3. The van der Waals surface area contributed by atoms with Crippen LogP contribution >= 0.6 is 0 Å². The Kier molecular flexibility index (Phi) is 6.17. The molecule has 0 radical (unpaired) electrons. The molecule has 0 aliphatic carbocycles. The first-order valence-corrected chi connectivity index (χ1v) is 7.97. The molecule has 0 aromatic heterocycles. The van der Waals surface area contributed by atoms with E-state index in [0.29, 0.717) is 13.0 Å². The van der Waals surface area contributed by atoms with Gasteiger partial charge in [-0.25, -0.2) is 4.79 Å². The van der Waals surface area contributed by atoms with Crippen molar-refractivity contribution in [2.24, 2.45) is 5.92 Å². The molecule has 1 aromatic carbocycles. The summed E-state index contributed by atoms with van der Waals surface area (Å²) >= 11 is 0. The highest BCUT2D eigenvalue weighted by Crippen LogP contribution is 2.18. The lowest BCUT2D eigenvalue weighted by Crippen LogP contribution is -2.54. The van der Waals surface area contributed by atoms with Crippen LogP contribution in [-0.4, -0.2) is 47.1 Å². The molecule has 1 saturated heterocycles. The van der Waals surface area contributed by atoms with Gasteiger partial charge in [-0.3, -0.25) is 9.59 Å². The molecular formula is C17H22N2O5. The monoisotopic (exact) mass is 334 g/mol. The molecule has 7 nitrogen and oxygen atoms in total. The van der Waals surface area contributed by atoms with Crippen LogP contribution in [0.4, 0.5) is 4.79 Å². The van der Waals surface area contributed by atoms with E-state index in [9.17, 15) is 19.5 Å². The Hall–Kier alpha value is -2.57. The van der Waals surface area contributed by atoms with E-state index in [-0.39, 0.29) is 25.5 Å². The van der Waals surface area contributed by atoms with Crippen molar-refractivity contribution in [2.75, 3.05) is 13.1 Å². The maximum absolute atomic E-state index is 11.9. The van der Waals surface area contributed by atoms with Crippen LogP contribution in [0.1, 0.15) is 25.3 Å². The summed E-state index contributed by atoms with van der Waals surface area (Å²) in [6.07, 6.45) is -0.0281. The molecule has 24 heavy (non-hydrogen) atoms. The molecule has 2 N–H and O–H groups in total. The summed E-state index contributed by atoms with van der Waals surface area (Å²) in [5, 5.41) is 11.9. The zero-order chi connectivity index (χ0) is 17.5. The average molecular weight is 334 g/mol. The minimum absolute atomic E-state index is 0.120. The molecule has 1 fully saturated rings. The molecule has 1 aromatic rings. The van der Waals surface area contributed by atoms with E-state index in [1.807, 2.05) is 30.3 Å². The van der Waals surface area contributed by atoms with Gasteiger partial charge in [0.1, 0.15) is 6.61 Å². The van der Waals surface area contributed by atoms with Crippen molar-refractivity contribution in [3.63, 3.8) is 0 Å². The molecule has 130 valence electrons. The van der Waals surface area contributed by atoms with E-state index < -0.39 is 24.0 Å². The topological polar surface area (TPSA) is 95.9 Å². The molecule has 2 atom stereocenters. The number of benzene rings is 1. The molecular weight excluding hydrogens is 312 g/mol. The predicted octanol–water partition coefficient (Wildman–Crippen LogP) is 1.62. The second kappa shape index (κ2) is 8.33. The summed E-state index contributed by atoms with van der Waals surface area (Å²) < 4.78 is 5.15. The Morgan fingerprint density at radius 2 is 1.96 bits per heavy atom. The molecule has 1 heterocycles. The number of hydrogen-bond acceptors (Lipinski definition) is 4. The number of amides is 2. The molecule has 1 aliphatic heterocycles. The number of rotatable bonds is 5. The molecule has 0 spiro atoms. The summed E-state index contributed by atoms with van der Waals surface area (Å²) in [4.78, 5) is 36.6. The Morgan fingerprint density at radius 1 is 1.25 bits per heavy atom. The molecule has 2 amide bonds. The lowest BCUT2D eigenvalue weighted by atomic mass is 9.94. The van der Waals surface area contributed by atoms with Gasteiger partial charge in [0.15, 0.2) is 0 Å². The van der Waals surface area contributed by atoms with Crippen molar-refractivity contribution >= 4 is 18.0 Å². The minimum Gasteiger partial charge on any atom is -0.481 e. The van der Waals surface area contributed by atoms with Gasteiger partial charge in [0.2, 0.25) is 5.91 Å². The van der Waals surface area contributed by atoms with Crippen molar-refractivity contribution in [3.05, 3.63) is 35.9 Å². The number of hydrogen-bond donors (Lipinski definition) is 2. The Balaban J connectivity index is 1.90. The van der Waals surface area contributed by atoms with Gasteiger partial charge in [0.25, 0.3) is 0 Å². The van der Waals surface area contributed by atoms with Crippen LogP contribution in [0.25, 0.3) is 0 Å². The lowest BCUT2D eigenvalue weighted by Gasteiger charge is -2.36. The molecule has 7 heteroatoms. The minimum atomic E-state index is -0.965. The second-order valence-electron chi connectivity index (χ2n) is 5.83. The van der Waals surface area contributed by atoms with Crippen LogP contribution in [0, 0.1) is 5.92 Å². The largest absolute Gasteiger partial charge is 0.481 e. The fraction of sp³-hybridized carbons (Fsp3) is 0.471. The van der Waals surface area contributed by atoms with E-state index in [0.717, 1.165) is 5.56 Å². The Morgan fingerprint density at radius 3 is 2.58 bits per heavy atom. The van der Waals surface area contributed by atoms with E-state index in [1.165, 1.54) is 4.90 Å². The zero-order valence-corrected chi connectivity index (χ0v) is 13.6. The van der Waals surface area contributed by atoms with Gasteiger partial charge in [-0.05, 0) is 12.0 Å². The van der Waals surface area contributed by atoms with Crippen molar-refractivity contribution in [3.8, 4) is 0 Å². The Bertz CT molecular complexity index is 590. The third-order valence-electron chi connectivity index (χ3n) is 3.99. The van der Waals surface area contributed by atoms with Crippen LogP contribution < -0.4 is 5.32 Å². The molecule has 1 aliphatic rings. The van der Waals surface area contributed by atoms with Crippen LogP contribution in [-0.2, 0) is 20.9 Å². The lowest BCUT2D eigenvalue weighted by molar-refractivity contribution is -0.146. The molecule has 2 unspecified atom stereocenters. The maximum Gasteiger partial charge on any atom is 0.407 e. The van der Waals surface area contributed by atoms with Crippen LogP contribution in [0.2, 0.25) is 0 Å². The predicted molar refractivity (Wildman–Crippen MR) is 86.2 cm³/mol. The summed E-state index contributed by atoms with van der Waals surface area (Å²) in [6, 6.07) is 8.83. The van der Waals surface area contributed by atoms with Crippen molar-refractivity contribution in [1.29, 1.82) is 0 Å². The number of ether oxygens (including phenoxy) is 1. The van der Waals surface area contributed by atoms with Gasteiger partial charge >= 0.3 is 12.1 Å². The average Bonchev–Trinajstić information content (AvgIpc) is 2.59. The number of nitrogens with zero attached hydrogens (tertiary/aromatic N) is 1. The quantitative estimate of drug-likeness (QED) is 0.853. The number of carboxylic acids is 1. The first-order chi connectivity index (χ1) is 11.5. The highest BCUT2D eigenvalue weighted by Gasteiger charge is 2.34. The SMILES string of the molecule is CCC(=O)N1CC(NC(=O)OCc2ccccc2)CC(C(=O)O)C1. The number of likely N-dealkylation sites (tertiary alicyclic amines) is 1. The summed E-state index contributed by atoms with van der Waals surface area (Å²) in [6.45, 7) is 2.35. The Labute approximate surface area is 140 Å². The number of carbonyl (C=O) groups excluding carboxylic acids is 2.